The van der Waals surface area contributed by atoms with Crippen molar-refractivity contribution in [2.75, 3.05) is 18.5 Å². The standard InChI is InChI=1S/C24H23N3O2/c1-4-5-18-12-19-22-21(13-18)26(3)10-11-27(22)15-20(23(19)28)24(29)25-14-17-8-6-16(2)7-9-17/h6-9,12-13,15H,10-11,14H2,1-3H3,(H,25,29). The highest BCUT2D eigenvalue weighted by Crippen LogP contribution is 2.29. The maximum Gasteiger partial charge on any atom is 0.257 e. The molecule has 4 rings (SSSR count). The van der Waals surface area contributed by atoms with Gasteiger partial charge in [-0.05, 0) is 31.5 Å². The predicted octanol–water partition coefficient (Wildman–Crippen LogP) is 3.06. The maximum atomic E-state index is 13.2. The smallest absolute Gasteiger partial charge is 0.257 e. The third-order valence-corrected chi connectivity index (χ3v) is 5.33. The summed E-state index contributed by atoms with van der Waals surface area (Å²) in [5, 5.41) is 3.42. The Hall–Kier alpha value is -3.52. The summed E-state index contributed by atoms with van der Waals surface area (Å²) in [7, 11) is 2.01. The molecule has 1 N–H and O–H groups in total. The lowest BCUT2D eigenvalue weighted by Crippen LogP contribution is -2.33. The van der Waals surface area contributed by atoms with Crippen molar-refractivity contribution in [1.29, 1.82) is 0 Å². The summed E-state index contributed by atoms with van der Waals surface area (Å²) < 4.78 is 2.01. The zero-order valence-electron chi connectivity index (χ0n) is 16.9. The van der Waals surface area contributed by atoms with Crippen LogP contribution < -0.4 is 15.6 Å². The third-order valence-electron chi connectivity index (χ3n) is 5.33. The van der Waals surface area contributed by atoms with Gasteiger partial charge in [0.15, 0.2) is 0 Å². The minimum absolute atomic E-state index is 0.168. The van der Waals surface area contributed by atoms with Crippen LogP contribution in [0.3, 0.4) is 0 Å². The molecular formula is C24H23N3O2. The van der Waals surface area contributed by atoms with Gasteiger partial charge >= 0.3 is 0 Å². The van der Waals surface area contributed by atoms with Crippen LogP contribution >= 0.6 is 0 Å². The van der Waals surface area contributed by atoms with Gasteiger partial charge in [-0.15, -0.1) is 5.92 Å². The van der Waals surface area contributed by atoms with E-state index in [4.69, 9.17) is 0 Å². The van der Waals surface area contributed by atoms with Crippen LogP contribution in [-0.2, 0) is 13.1 Å². The van der Waals surface area contributed by atoms with Gasteiger partial charge in [-0.2, -0.15) is 0 Å². The molecule has 1 aromatic heterocycles. The molecule has 1 aliphatic rings. The first-order valence-electron chi connectivity index (χ1n) is 9.67. The normalized spacial score (nSPS) is 12.4. The average Bonchev–Trinajstić information content (AvgIpc) is 2.72. The van der Waals surface area contributed by atoms with Crippen molar-refractivity contribution in [2.24, 2.45) is 0 Å². The Kier molecular flexibility index (Phi) is 4.85. The fourth-order valence-corrected chi connectivity index (χ4v) is 3.73. The predicted molar refractivity (Wildman–Crippen MR) is 116 cm³/mol. The second kappa shape index (κ2) is 7.48. The van der Waals surface area contributed by atoms with Crippen molar-refractivity contribution in [3.8, 4) is 11.8 Å². The van der Waals surface area contributed by atoms with E-state index in [-0.39, 0.29) is 16.9 Å². The molecular weight excluding hydrogens is 362 g/mol. The number of benzene rings is 2. The van der Waals surface area contributed by atoms with E-state index in [1.807, 2.05) is 48.9 Å². The fourth-order valence-electron chi connectivity index (χ4n) is 3.73. The highest BCUT2D eigenvalue weighted by Gasteiger charge is 2.22. The number of aryl methyl sites for hydroxylation is 1. The minimum atomic E-state index is -0.353. The SMILES string of the molecule is CC#Cc1cc2c3c(c1)c(=O)c(C(=O)NCc1ccc(C)cc1)cn3CCN2C. The summed E-state index contributed by atoms with van der Waals surface area (Å²) >= 11 is 0. The Morgan fingerprint density at radius 1 is 1.17 bits per heavy atom. The van der Waals surface area contributed by atoms with Crippen LogP contribution in [0.4, 0.5) is 5.69 Å². The second-order valence-electron chi connectivity index (χ2n) is 7.42. The molecule has 1 aliphatic heterocycles. The van der Waals surface area contributed by atoms with Gasteiger partial charge < -0.3 is 14.8 Å². The average molecular weight is 385 g/mol. The summed E-state index contributed by atoms with van der Waals surface area (Å²) in [6.07, 6.45) is 1.69. The number of anilines is 1. The van der Waals surface area contributed by atoms with Crippen LogP contribution in [0.25, 0.3) is 10.9 Å². The summed E-state index contributed by atoms with van der Waals surface area (Å²) in [5.74, 6) is 5.58. The van der Waals surface area contributed by atoms with E-state index in [0.717, 1.165) is 35.4 Å². The first-order chi connectivity index (χ1) is 14.0. The number of rotatable bonds is 3. The van der Waals surface area contributed by atoms with Gasteiger partial charge in [0.25, 0.3) is 5.91 Å². The molecule has 3 aromatic rings. The maximum absolute atomic E-state index is 13.2. The fraction of sp³-hybridized carbons (Fsp3) is 0.250. The van der Waals surface area contributed by atoms with Gasteiger partial charge in [0.2, 0.25) is 5.43 Å². The van der Waals surface area contributed by atoms with E-state index in [1.165, 1.54) is 5.56 Å². The van der Waals surface area contributed by atoms with Crippen molar-refractivity contribution in [3.63, 3.8) is 0 Å². The third kappa shape index (κ3) is 3.50. The van der Waals surface area contributed by atoms with Crippen LogP contribution in [0.2, 0.25) is 0 Å². The molecule has 0 saturated heterocycles. The van der Waals surface area contributed by atoms with E-state index in [9.17, 15) is 9.59 Å². The molecule has 0 saturated carbocycles. The number of nitrogens with zero attached hydrogens (tertiary/aromatic N) is 2. The molecule has 2 aromatic carbocycles. The Labute approximate surface area is 170 Å². The van der Waals surface area contributed by atoms with Crippen molar-refractivity contribution < 1.29 is 4.79 Å². The number of hydrogen-bond acceptors (Lipinski definition) is 3. The monoisotopic (exact) mass is 385 g/mol. The zero-order valence-corrected chi connectivity index (χ0v) is 16.9. The summed E-state index contributed by atoms with van der Waals surface area (Å²) in [6, 6.07) is 11.8. The van der Waals surface area contributed by atoms with Gasteiger partial charge in [0.05, 0.1) is 11.2 Å². The number of aromatic nitrogens is 1. The molecule has 0 spiro atoms. The first kappa shape index (κ1) is 18.8. The lowest BCUT2D eigenvalue weighted by molar-refractivity contribution is 0.0949. The highest BCUT2D eigenvalue weighted by atomic mass is 16.2. The lowest BCUT2D eigenvalue weighted by atomic mass is 10.0. The van der Waals surface area contributed by atoms with Crippen molar-refractivity contribution in [2.45, 2.75) is 26.9 Å². The Bertz CT molecular complexity index is 1230. The number of carbonyl (C=O) groups excluding carboxylic acids is 1. The van der Waals surface area contributed by atoms with Crippen molar-refractivity contribution >= 4 is 22.5 Å². The van der Waals surface area contributed by atoms with Gasteiger partial charge in [-0.3, -0.25) is 9.59 Å². The lowest BCUT2D eigenvalue weighted by Gasteiger charge is -2.29. The quantitative estimate of drug-likeness (QED) is 0.705. The molecule has 0 bridgehead atoms. The Balaban J connectivity index is 1.76. The van der Waals surface area contributed by atoms with Gasteiger partial charge in [0, 0.05) is 43.8 Å². The number of carbonyl (C=O) groups is 1. The summed E-state index contributed by atoms with van der Waals surface area (Å²) in [5.41, 5.74) is 4.69. The molecule has 0 unspecified atom stereocenters. The van der Waals surface area contributed by atoms with Crippen LogP contribution in [-0.4, -0.2) is 24.1 Å². The minimum Gasteiger partial charge on any atom is -0.371 e. The van der Waals surface area contributed by atoms with Gasteiger partial charge in [-0.25, -0.2) is 0 Å². The van der Waals surface area contributed by atoms with Crippen molar-refractivity contribution in [3.05, 3.63) is 75.1 Å². The van der Waals surface area contributed by atoms with Crippen LogP contribution in [0, 0.1) is 18.8 Å². The van der Waals surface area contributed by atoms with E-state index in [0.29, 0.717) is 11.9 Å². The molecule has 29 heavy (non-hydrogen) atoms. The number of likely N-dealkylation sites (N-methyl/N-ethyl adjacent to an activating group) is 1. The highest BCUT2D eigenvalue weighted by molar-refractivity contribution is 6.00. The largest absolute Gasteiger partial charge is 0.371 e. The molecule has 5 heteroatoms. The Morgan fingerprint density at radius 2 is 1.93 bits per heavy atom. The molecule has 2 heterocycles. The topological polar surface area (TPSA) is 54.3 Å². The van der Waals surface area contributed by atoms with Crippen LogP contribution in [0.1, 0.15) is 34.0 Å². The number of amides is 1. The molecule has 146 valence electrons. The van der Waals surface area contributed by atoms with Gasteiger partial charge in [-0.1, -0.05) is 35.7 Å². The molecule has 0 aliphatic carbocycles. The summed E-state index contributed by atoms with van der Waals surface area (Å²) in [4.78, 5) is 28.2. The number of hydrogen-bond donors (Lipinski definition) is 1. The van der Waals surface area contributed by atoms with E-state index in [2.05, 4.69) is 22.1 Å². The molecule has 1 amide bonds. The van der Waals surface area contributed by atoms with E-state index >= 15 is 0 Å². The first-order valence-corrected chi connectivity index (χ1v) is 9.67. The van der Waals surface area contributed by atoms with Crippen LogP contribution in [0.15, 0.2) is 47.4 Å². The second-order valence-corrected chi connectivity index (χ2v) is 7.42. The van der Waals surface area contributed by atoms with E-state index in [1.54, 1.807) is 19.2 Å². The van der Waals surface area contributed by atoms with Crippen molar-refractivity contribution in [1.82, 2.24) is 9.88 Å². The number of nitrogens with one attached hydrogen (secondary N) is 1. The summed E-state index contributed by atoms with van der Waals surface area (Å²) in [6.45, 7) is 5.70. The molecule has 5 nitrogen and oxygen atoms in total. The Morgan fingerprint density at radius 3 is 2.66 bits per heavy atom. The molecule has 0 fully saturated rings. The molecule has 0 atom stereocenters. The van der Waals surface area contributed by atoms with Crippen LogP contribution in [0.5, 0.6) is 0 Å². The number of pyridine rings is 1. The van der Waals surface area contributed by atoms with Gasteiger partial charge in [0.1, 0.15) is 5.56 Å². The molecule has 0 radical (unpaired) electrons. The van der Waals surface area contributed by atoms with E-state index < -0.39 is 0 Å². The zero-order chi connectivity index (χ0) is 20.5.